The van der Waals surface area contributed by atoms with Gasteiger partial charge in [0.15, 0.2) is 0 Å². The zero-order valence-corrected chi connectivity index (χ0v) is 15.0. The van der Waals surface area contributed by atoms with E-state index >= 15 is 0 Å². The van der Waals surface area contributed by atoms with E-state index in [4.69, 9.17) is 5.73 Å². The van der Waals surface area contributed by atoms with Crippen LogP contribution in [-0.4, -0.2) is 35.9 Å². The summed E-state index contributed by atoms with van der Waals surface area (Å²) < 4.78 is 0. The molecule has 0 aliphatic rings. The molecule has 0 aliphatic carbocycles. The first kappa shape index (κ1) is 19.9. The maximum atomic E-state index is 12.5. The average molecular weight is 350 g/mol. The molecule has 2 rings (SSSR count). The Kier molecular flexibility index (Phi) is 6.75. The van der Waals surface area contributed by atoms with E-state index in [-0.39, 0.29) is 34.9 Å². The van der Waals surface area contributed by atoms with Crippen molar-refractivity contribution in [3.63, 3.8) is 0 Å². The number of benzene rings is 1. The quantitative estimate of drug-likeness (QED) is 0.870. The Labute approximate surface area is 148 Å². The lowest BCUT2D eigenvalue weighted by molar-refractivity contribution is 0.0739. The SMILES string of the molecule is CN(CC(C)(C)CN)C(=O)c1ccc(-c2ccccc2)[nH]c1=O.Cl. The Morgan fingerprint density at radius 1 is 1.17 bits per heavy atom. The van der Waals surface area contributed by atoms with E-state index in [2.05, 4.69) is 4.98 Å². The summed E-state index contributed by atoms with van der Waals surface area (Å²) in [6.45, 7) is 4.93. The van der Waals surface area contributed by atoms with Crippen molar-refractivity contribution in [2.45, 2.75) is 13.8 Å². The van der Waals surface area contributed by atoms with Crippen LogP contribution in [0.25, 0.3) is 11.3 Å². The minimum absolute atomic E-state index is 0. The van der Waals surface area contributed by atoms with Crippen LogP contribution in [0.4, 0.5) is 0 Å². The molecule has 0 atom stereocenters. The minimum Gasteiger partial charge on any atom is -0.341 e. The zero-order valence-electron chi connectivity index (χ0n) is 14.2. The van der Waals surface area contributed by atoms with Crippen LogP contribution in [0.5, 0.6) is 0 Å². The number of H-pyrrole nitrogens is 1. The molecular weight excluding hydrogens is 326 g/mol. The van der Waals surface area contributed by atoms with Crippen molar-refractivity contribution in [3.8, 4) is 11.3 Å². The predicted molar refractivity (Wildman–Crippen MR) is 99.5 cm³/mol. The number of nitrogens with one attached hydrogen (secondary N) is 1. The van der Waals surface area contributed by atoms with E-state index in [9.17, 15) is 9.59 Å². The molecule has 1 amide bonds. The number of rotatable bonds is 5. The van der Waals surface area contributed by atoms with Gasteiger partial charge in [-0.1, -0.05) is 44.2 Å². The van der Waals surface area contributed by atoms with Gasteiger partial charge in [0.1, 0.15) is 5.56 Å². The highest BCUT2D eigenvalue weighted by atomic mass is 35.5. The van der Waals surface area contributed by atoms with Crippen molar-refractivity contribution >= 4 is 18.3 Å². The van der Waals surface area contributed by atoms with E-state index in [0.717, 1.165) is 5.56 Å². The van der Waals surface area contributed by atoms with Crippen LogP contribution in [-0.2, 0) is 0 Å². The summed E-state index contributed by atoms with van der Waals surface area (Å²) in [7, 11) is 1.68. The minimum atomic E-state index is -0.381. The van der Waals surface area contributed by atoms with Crippen molar-refractivity contribution < 1.29 is 4.79 Å². The van der Waals surface area contributed by atoms with Crippen molar-refractivity contribution in [1.29, 1.82) is 0 Å². The van der Waals surface area contributed by atoms with Gasteiger partial charge in [-0.25, -0.2) is 0 Å². The summed E-state index contributed by atoms with van der Waals surface area (Å²) in [6, 6.07) is 12.9. The number of carbonyl (C=O) groups is 1. The second kappa shape index (κ2) is 8.13. The number of amides is 1. The second-order valence-corrected chi connectivity index (χ2v) is 6.51. The van der Waals surface area contributed by atoms with Crippen LogP contribution in [0.1, 0.15) is 24.2 Å². The molecule has 130 valence electrons. The van der Waals surface area contributed by atoms with Crippen LogP contribution in [0.2, 0.25) is 0 Å². The molecule has 0 spiro atoms. The lowest BCUT2D eigenvalue weighted by Gasteiger charge is -2.28. The third-order valence-electron chi connectivity index (χ3n) is 3.79. The smallest absolute Gasteiger partial charge is 0.261 e. The molecule has 0 unspecified atom stereocenters. The molecule has 1 aromatic heterocycles. The largest absolute Gasteiger partial charge is 0.341 e. The summed E-state index contributed by atoms with van der Waals surface area (Å²) in [5.74, 6) is -0.299. The molecule has 5 nitrogen and oxygen atoms in total. The second-order valence-electron chi connectivity index (χ2n) is 6.51. The fourth-order valence-corrected chi connectivity index (χ4v) is 2.41. The van der Waals surface area contributed by atoms with Crippen LogP contribution < -0.4 is 11.3 Å². The lowest BCUT2D eigenvalue weighted by atomic mass is 9.93. The molecule has 1 heterocycles. The van der Waals surface area contributed by atoms with E-state index in [1.807, 2.05) is 44.2 Å². The molecule has 3 N–H and O–H groups in total. The van der Waals surface area contributed by atoms with Gasteiger partial charge in [-0.2, -0.15) is 0 Å². The Morgan fingerprint density at radius 3 is 2.33 bits per heavy atom. The van der Waals surface area contributed by atoms with Gasteiger partial charge >= 0.3 is 0 Å². The molecular formula is C18H24ClN3O2. The average Bonchev–Trinajstić information content (AvgIpc) is 2.54. The third-order valence-corrected chi connectivity index (χ3v) is 3.79. The summed E-state index contributed by atoms with van der Waals surface area (Å²) in [6.07, 6.45) is 0. The standard InChI is InChI=1S/C18H23N3O2.ClH/c1-18(2,11-19)12-21(3)17(23)14-9-10-15(20-16(14)22)13-7-5-4-6-8-13;/h4-10H,11-12,19H2,1-3H3,(H,20,22);1H. The Balaban J connectivity index is 0.00000288. The first-order chi connectivity index (χ1) is 10.8. The van der Waals surface area contributed by atoms with E-state index in [0.29, 0.717) is 18.8 Å². The Morgan fingerprint density at radius 2 is 1.79 bits per heavy atom. The van der Waals surface area contributed by atoms with Gasteiger partial charge in [0.2, 0.25) is 0 Å². The fraction of sp³-hybridized carbons (Fsp3) is 0.333. The summed E-state index contributed by atoms with van der Waals surface area (Å²) in [5.41, 5.74) is 6.86. The lowest BCUT2D eigenvalue weighted by Crippen LogP contribution is -2.41. The van der Waals surface area contributed by atoms with E-state index in [1.165, 1.54) is 0 Å². The monoisotopic (exact) mass is 349 g/mol. The number of aromatic nitrogens is 1. The van der Waals surface area contributed by atoms with Gasteiger partial charge in [-0.05, 0) is 29.7 Å². The van der Waals surface area contributed by atoms with Crippen molar-refractivity contribution in [2.75, 3.05) is 20.1 Å². The Hall–Kier alpha value is -2.11. The number of pyridine rings is 1. The number of aromatic amines is 1. The molecule has 1 aromatic carbocycles. The normalized spacial score (nSPS) is 10.8. The van der Waals surface area contributed by atoms with Crippen molar-refractivity contribution in [1.82, 2.24) is 9.88 Å². The first-order valence-electron chi connectivity index (χ1n) is 7.58. The number of nitrogens with two attached hydrogens (primary N) is 1. The van der Waals surface area contributed by atoms with Gasteiger partial charge in [-0.3, -0.25) is 9.59 Å². The van der Waals surface area contributed by atoms with E-state index in [1.54, 1.807) is 24.1 Å². The molecule has 0 bridgehead atoms. The molecule has 0 fully saturated rings. The van der Waals surface area contributed by atoms with Gasteiger partial charge in [0, 0.05) is 19.3 Å². The predicted octanol–water partition coefficient (Wildman–Crippen LogP) is 2.52. The maximum absolute atomic E-state index is 12.5. The summed E-state index contributed by atoms with van der Waals surface area (Å²) in [4.78, 5) is 29.1. The molecule has 0 saturated heterocycles. The number of nitrogens with zero attached hydrogens (tertiary/aromatic N) is 1. The number of hydrogen-bond acceptors (Lipinski definition) is 3. The van der Waals surface area contributed by atoms with Gasteiger partial charge in [-0.15, -0.1) is 12.4 Å². The van der Waals surface area contributed by atoms with Crippen molar-refractivity contribution in [3.05, 3.63) is 58.4 Å². The fourth-order valence-electron chi connectivity index (χ4n) is 2.41. The van der Waals surface area contributed by atoms with Crippen LogP contribution in [0, 0.1) is 5.41 Å². The highest BCUT2D eigenvalue weighted by Crippen LogP contribution is 2.17. The van der Waals surface area contributed by atoms with Crippen molar-refractivity contribution in [2.24, 2.45) is 11.1 Å². The molecule has 24 heavy (non-hydrogen) atoms. The zero-order chi connectivity index (χ0) is 17.0. The molecule has 0 radical (unpaired) electrons. The van der Waals surface area contributed by atoms with Crippen LogP contribution in [0.15, 0.2) is 47.3 Å². The molecule has 0 aliphatic heterocycles. The van der Waals surface area contributed by atoms with E-state index < -0.39 is 0 Å². The maximum Gasteiger partial charge on any atom is 0.261 e. The number of hydrogen-bond donors (Lipinski definition) is 2. The molecule has 2 aromatic rings. The highest BCUT2D eigenvalue weighted by Gasteiger charge is 2.23. The van der Waals surface area contributed by atoms with Crippen LogP contribution >= 0.6 is 12.4 Å². The first-order valence-corrected chi connectivity index (χ1v) is 7.58. The highest BCUT2D eigenvalue weighted by molar-refractivity contribution is 5.94. The van der Waals surface area contributed by atoms with Gasteiger partial charge in [0.05, 0.1) is 0 Å². The van der Waals surface area contributed by atoms with Gasteiger partial charge < -0.3 is 15.6 Å². The summed E-state index contributed by atoms with van der Waals surface area (Å²) >= 11 is 0. The Bertz CT molecular complexity index is 741. The molecule has 6 heteroatoms. The van der Waals surface area contributed by atoms with Crippen LogP contribution in [0.3, 0.4) is 0 Å². The molecule has 0 saturated carbocycles. The summed E-state index contributed by atoms with van der Waals surface area (Å²) in [5, 5.41) is 0. The topological polar surface area (TPSA) is 79.2 Å². The number of carbonyl (C=O) groups excluding carboxylic acids is 1. The third kappa shape index (κ3) is 4.69. The van der Waals surface area contributed by atoms with Gasteiger partial charge in [0.25, 0.3) is 11.5 Å². The number of halogens is 1.